The Hall–Kier alpha value is -1.81. The maximum absolute atomic E-state index is 9.10. The summed E-state index contributed by atoms with van der Waals surface area (Å²) in [5.74, 6) is 0. The molecule has 2 N–H and O–H groups in total. The SMILES string of the molecule is CCc1ccc(CC)c(NCc2c(C)nn(CCO)c2C)c1. The van der Waals surface area contributed by atoms with Gasteiger partial charge in [0.25, 0.3) is 0 Å². The standard InChI is InChI=1S/C18H27N3O/c1-5-15-7-8-16(6-2)18(11-15)19-12-17-13(3)20-21(9-10-22)14(17)4/h7-8,11,19,22H,5-6,9-10,12H2,1-4H3. The van der Waals surface area contributed by atoms with Gasteiger partial charge in [0, 0.05) is 23.5 Å². The molecular formula is C18H27N3O. The van der Waals surface area contributed by atoms with Crippen molar-refractivity contribution in [2.75, 3.05) is 11.9 Å². The Balaban J connectivity index is 2.19. The van der Waals surface area contributed by atoms with Crippen molar-refractivity contribution in [3.63, 3.8) is 0 Å². The summed E-state index contributed by atoms with van der Waals surface area (Å²) in [7, 11) is 0. The molecule has 0 bridgehead atoms. The van der Waals surface area contributed by atoms with Gasteiger partial charge in [-0.2, -0.15) is 5.10 Å². The highest BCUT2D eigenvalue weighted by Gasteiger charge is 2.11. The molecule has 0 saturated carbocycles. The van der Waals surface area contributed by atoms with Crippen LogP contribution in [-0.4, -0.2) is 21.5 Å². The lowest BCUT2D eigenvalue weighted by molar-refractivity contribution is 0.268. The number of aliphatic hydroxyl groups is 1. The minimum atomic E-state index is 0.118. The third kappa shape index (κ3) is 3.50. The van der Waals surface area contributed by atoms with Gasteiger partial charge in [0.05, 0.1) is 18.8 Å². The van der Waals surface area contributed by atoms with Crippen LogP contribution >= 0.6 is 0 Å². The molecule has 2 rings (SSSR count). The zero-order chi connectivity index (χ0) is 16.1. The van der Waals surface area contributed by atoms with Crippen molar-refractivity contribution in [1.82, 2.24) is 9.78 Å². The molecule has 22 heavy (non-hydrogen) atoms. The Morgan fingerprint density at radius 3 is 2.59 bits per heavy atom. The third-order valence-electron chi connectivity index (χ3n) is 4.26. The molecule has 0 radical (unpaired) electrons. The van der Waals surface area contributed by atoms with Crippen molar-refractivity contribution in [1.29, 1.82) is 0 Å². The fourth-order valence-electron chi connectivity index (χ4n) is 2.80. The van der Waals surface area contributed by atoms with Gasteiger partial charge in [0.2, 0.25) is 0 Å². The second kappa shape index (κ2) is 7.45. The number of aryl methyl sites for hydroxylation is 3. The average Bonchev–Trinajstić information content (AvgIpc) is 2.79. The lowest BCUT2D eigenvalue weighted by Gasteiger charge is -2.13. The number of aliphatic hydroxyl groups excluding tert-OH is 1. The predicted molar refractivity (Wildman–Crippen MR) is 91.3 cm³/mol. The summed E-state index contributed by atoms with van der Waals surface area (Å²) < 4.78 is 1.88. The summed E-state index contributed by atoms with van der Waals surface area (Å²) in [6.07, 6.45) is 2.07. The van der Waals surface area contributed by atoms with E-state index in [1.807, 2.05) is 11.6 Å². The summed E-state index contributed by atoms with van der Waals surface area (Å²) in [5.41, 5.74) is 7.29. The van der Waals surface area contributed by atoms with Crippen LogP contribution in [0.2, 0.25) is 0 Å². The highest BCUT2D eigenvalue weighted by molar-refractivity contribution is 5.54. The van der Waals surface area contributed by atoms with Gasteiger partial charge in [-0.1, -0.05) is 26.0 Å². The molecule has 0 saturated heterocycles. The van der Waals surface area contributed by atoms with Gasteiger partial charge in [-0.25, -0.2) is 0 Å². The molecule has 120 valence electrons. The van der Waals surface area contributed by atoms with Crippen molar-refractivity contribution in [2.45, 2.75) is 53.6 Å². The Labute approximate surface area is 133 Å². The van der Waals surface area contributed by atoms with E-state index in [1.165, 1.54) is 22.4 Å². The highest BCUT2D eigenvalue weighted by atomic mass is 16.3. The van der Waals surface area contributed by atoms with Crippen molar-refractivity contribution in [3.05, 3.63) is 46.3 Å². The first-order valence-electron chi connectivity index (χ1n) is 8.10. The third-order valence-corrected chi connectivity index (χ3v) is 4.26. The van der Waals surface area contributed by atoms with Gasteiger partial charge in [0.15, 0.2) is 0 Å². The van der Waals surface area contributed by atoms with Crippen molar-refractivity contribution >= 4 is 5.69 Å². The monoisotopic (exact) mass is 301 g/mol. The number of aromatic nitrogens is 2. The van der Waals surface area contributed by atoms with Crippen molar-refractivity contribution in [3.8, 4) is 0 Å². The summed E-state index contributed by atoms with van der Waals surface area (Å²) >= 11 is 0. The molecule has 1 heterocycles. The van der Waals surface area contributed by atoms with Crippen LogP contribution in [0, 0.1) is 13.8 Å². The number of rotatable bonds is 7. The molecule has 0 fully saturated rings. The van der Waals surface area contributed by atoms with Gasteiger partial charge >= 0.3 is 0 Å². The lowest BCUT2D eigenvalue weighted by Crippen LogP contribution is -2.07. The molecule has 4 heteroatoms. The summed E-state index contributed by atoms with van der Waals surface area (Å²) in [6.45, 7) is 9.89. The quantitative estimate of drug-likeness (QED) is 0.825. The molecule has 0 atom stereocenters. The Morgan fingerprint density at radius 2 is 1.95 bits per heavy atom. The van der Waals surface area contributed by atoms with E-state index in [1.54, 1.807) is 0 Å². The number of hydrogen-bond donors (Lipinski definition) is 2. The summed E-state index contributed by atoms with van der Waals surface area (Å²) in [5, 5.41) is 17.2. The molecule has 0 aliphatic heterocycles. The minimum Gasteiger partial charge on any atom is -0.394 e. The maximum Gasteiger partial charge on any atom is 0.0646 e. The zero-order valence-electron chi connectivity index (χ0n) is 14.1. The van der Waals surface area contributed by atoms with E-state index in [4.69, 9.17) is 5.11 Å². The fourth-order valence-corrected chi connectivity index (χ4v) is 2.80. The Kier molecular flexibility index (Phi) is 5.61. The van der Waals surface area contributed by atoms with Crippen LogP contribution in [-0.2, 0) is 25.9 Å². The Morgan fingerprint density at radius 1 is 1.18 bits per heavy atom. The van der Waals surface area contributed by atoms with E-state index < -0.39 is 0 Å². The smallest absolute Gasteiger partial charge is 0.0646 e. The van der Waals surface area contributed by atoms with Crippen LogP contribution in [0.25, 0.3) is 0 Å². The van der Waals surface area contributed by atoms with Crippen molar-refractivity contribution in [2.24, 2.45) is 0 Å². The second-order valence-corrected chi connectivity index (χ2v) is 5.65. The minimum absolute atomic E-state index is 0.118. The van der Waals surface area contributed by atoms with Gasteiger partial charge < -0.3 is 10.4 Å². The van der Waals surface area contributed by atoms with Gasteiger partial charge in [-0.15, -0.1) is 0 Å². The van der Waals surface area contributed by atoms with Crippen LogP contribution in [0.3, 0.4) is 0 Å². The molecule has 0 amide bonds. The number of benzene rings is 1. The fraction of sp³-hybridized carbons (Fsp3) is 0.500. The highest BCUT2D eigenvalue weighted by Crippen LogP contribution is 2.21. The molecule has 2 aromatic rings. The van der Waals surface area contributed by atoms with Crippen LogP contribution in [0.15, 0.2) is 18.2 Å². The van der Waals surface area contributed by atoms with Gasteiger partial charge in [-0.3, -0.25) is 4.68 Å². The normalized spacial score (nSPS) is 11.0. The molecule has 0 aliphatic carbocycles. The van der Waals surface area contributed by atoms with Crippen LogP contribution in [0.1, 0.15) is 41.9 Å². The van der Waals surface area contributed by atoms with E-state index in [9.17, 15) is 0 Å². The summed E-state index contributed by atoms with van der Waals surface area (Å²) in [6, 6.07) is 6.68. The van der Waals surface area contributed by atoms with E-state index in [-0.39, 0.29) is 6.61 Å². The van der Waals surface area contributed by atoms with Crippen LogP contribution < -0.4 is 5.32 Å². The number of nitrogens with one attached hydrogen (secondary N) is 1. The first-order valence-corrected chi connectivity index (χ1v) is 8.10. The zero-order valence-corrected chi connectivity index (χ0v) is 14.1. The topological polar surface area (TPSA) is 50.1 Å². The predicted octanol–water partition coefficient (Wildman–Crippen LogP) is 3.23. The maximum atomic E-state index is 9.10. The lowest BCUT2D eigenvalue weighted by atomic mass is 10.0. The van der Waals surface area contributed by atoms with E-state index in [0.29, 0.717) is 6.54 Å². The van der Waals surface area contributed by atoms with E-state index in [2.05, 4.69) is 49.4 Å². The average molecular weight is 301 g/mol. The number of nitrogens with zero attached hydrogens (tertiary/aromatic N) is 2. The largest absolute Gasteiger partial charge is 0.394 e. The first-order chi connectivity index (χ1) is 10.6. The molecule has 0 aliphatic rings. The van der Waals surface area contributed by atoms with E-state index >= 15 is 0 Å². The second-order valence-electron chi connectivity index (χ2n) is 5.65. The molecular weight excluding hydrogens is 274 g/mol. The molecule has 1 aromatic heterocycles. The van der Waals surface area contributed by atoms with Crippen LogP contribution in [0.5, 0.6) is 0 Å². The molecule has 0 unspecified atom stereocenters. The van der Waals surface area contributed by atoms with Gasteiger partial charge in [-0.05, 0) is 43.9 Å². The molecule has 4 nitrogen and oxygen atoms in total. The Bertz CT molecular complexity index is 632. The molecule has 0 spiro atoms. The number of hydrogen-bond acceptors (Lipinski definition) is 3. The molecule has 1 aromatic carbocycles. The summed E-state index contributed by atoms with van der Waals surface area (Å²) in [4.78, 5) is 0. The first kappa shape index (κ1) is 16.6. The van der Waals surface area contributed by atoms with Crippen molar-refractivity contribution < 1.29 is 5.11 Å². The van der Waals surface area contributed by atoms with Crippen LogP contribution in [0.4, 0.5) is 5.69 Å². The van der Waals surface area contributed by atoms with E-state index in [0.717, 1.165) is 30.8 Å². The van der Waals surface area contributed by atoms with Gasteiger partial charge in [0.1, 0.15) is 0 Å². The number of anilines is 1.